The van der Waals surface area contributed by atoms with Crippen molar-refractivity contribution in [3.05, 3.63) is 53.6 Å². The lowest BCUT2D eigenvalue weighted by Crippen LogP contribution is -2.52. The molecule has 0 bridgehead atoms. The number of benzene rings is 1. The SMILES string of the molecule is CN(C)c1ncc(C(=O)N2CCC[C@H](O)[C@@H]2Cc2ccccc2F)cn1. The quantitative estimate of drug-likeness (QED) is 0.904. The Labute approximate surface area is 152 Å². The smallest absolute Gasteiger partial charge is 0.257 e. The number of anilines is 1. The van der Waals surface area contributed by atoms with Crippen LogP contribution in [-0.4, -0.2) is 58.7 Å². The summed E-state index contributed by atoms with van der Waals surface area (Å²) in [6, 6.07) is 6.00. The molecule has 7 heteroatoms. The summed E-state index contributed by atoms with van der Waals surface area (Å²) in [5.74, 6) is -0.0464. The van der Waals surface area contributed by atoms with Crippen LogP contribution < -0.4 is 4.90 Å². The van der Waals surface area contributed by atoms with Crippen LogP contribution in [-0.2, 0) is 6.42 Å². The molecule has 2 atom stereocenters. The molecule has 0 aliphatic carbocycles. The third kappa shape index (κ3) is 3.83. The maximum Gasteiger partial charge on any atom is 0.257 e. The number of hydrogen-bond acceptors (Lipinski definition) is 5. The molecule has 2 heterocycles. The lowest BCUT2D eigenvalue weighted by molar-refractivity contribution is 0.0115. The van der Waals surface area contributed by atoms with Gasteiger partial charge in [0.05, 0.1) is 17.7 Å². The molecule has 1 aliphatic heterocycles. The number of hydrogen-bond donors (Lipinski definition) is 1. The van der Waals surface area contributed by atoms with Crippen molar-refractivity contribution in [3.8, 4) is 0 Å². The van der Waals surface area contributed by atoms with Crippen LogP contribution in [0.1, 0.15) is 28.8 Å². The highest BCUT2D eigenvalue weighted by atomic mass is 19.1. The van der Waals surface area contributed by atoms with Crippen LogP contribution in [0.15, 0.2) is 36.7 Å². The summed E-state index contributed by atoms with van der Waals surface area (Å²) in [5.41, 5.74) is 0.860. The van der Waals surface area contributed by atoms with Gasteiger partial charge in [0, 0.05) is 33.0 Å². The van der Waals surface area contributed by atoms with Crippen molar-refractivity contribution >= 4 is 11.9 Å². The molecule has 138 valence electrons. The van der Waals surface area contributed by atoms with E-state index in [1.807, 2.05) is 14.1 Å². The minimum atomic E-state index is -0.686. The van der Waals surface area contributed by atoms with Gasteiger partial charge >= 0.3 is 0 Å². The van der Waals surface area contributed by atoms with Crippen LogP contribution >= 0.6 is 0 Å². The molecular formula is C19H23FN4O2. The van der Waals surface area contributed by atoms with Crippen molar-refractivity contribution < 1.29 is 14.3 Å². The molecule has 0 radical (unpaired) electrons. The molecule has 1 saturated heterocycles. The molecule has 2 aromatic rings. The number of aliphatic hydroxyl groups is 1. The second kappa shape index (κ2) is 7.78. The summed E-state index contributed by atoms with van der Waals surface area (Å²) in [6.45, 7) is 0.518. The van der Waals surface area contributed by atoms with Gasteiger partial charge < -0.3 is 14.9 Å². The second-order valence-electron chi connectivity index (χ2n) is 6.74. The molecule has 26 heavy (non-hydrogen) atoms. The van der Waals surface area contributed by atoms with Gasteiger partial charge in [-0.3, -0.25) is 4.79 Å². The molecule has 0 unspecified atom stereocenters. The zero-order valence-corrected chi connectivity index (χ0v) is 15.0. The van der Waals surface area contributed by atoms with E-state index in [9.17, 15) is 14.3 Å². The predicted molar refractivity (Wildman–Crippen MR) is 96.5 cm³/mol. The van der Waals surface area contributed by atoms with Crippen molar-refractivity contribution in [1.29, 1.82) is 0 Å². The lowest BCUT2D eigenvalue weighted by atomic mass is 9.92. The van der Waals surface area contributed by atoms with Gasteiger partial charge in [-0.05, 0) is 30.9 Å². The number of amides is 1. The number of likely N-dealkylation sites (tertiary alicyclic amines) is 1. The van der Waals surface area contributed by atoms with Gasteiger partial charge in [0.2, 0.25) is 5.95 Å². The van der Waals surface area contributed by atoms with E-state index in [1.54, 1.807) is 28.0 Å². The van der Waals surface area contributed by atoms with E-state index < -0.39 is 12.1 Å². The van der Waals surface area contributed by atoms with Crippen LogP contribution in [0, 0.1) is 5.82 Å². The summed E-state index contributed by atoms with van der Waals surface area (Å²) < 4.78 is 14.0. The van der Waals surface area contributed by atoms with E-state index >= 15 is 0 Å². The second-order valence-corrected chi connectivity index (χ2v) is 6.74. The van der Waals surface area contributed by atoms with Crippen molar-refractivity contribution in [2.75, 3.05) is 25.5 Å². The number of halogens is 1. The summed E-state index contributed by atoms with van der Waals surface area (Å²) in [5, 5.41) is 10.5. The first-order valence-electron chi connectivity index (χ1n) is 8.69. The van der Waals surface area contributed by atoms with E-state index in [1.165, 1.54) is 18.5 Å². The lowest BCUT2D eigenvalue weighted by Gasteiger charge is -2.39. The van der Waals surface area contributed by atoms with E-state index in [2.05, 4.69) is 9.97 Å². The van der Waals surface area contributed by atoms with Crippen molar-refractivity contribution in [3.63, 3.8) is 0 Å². The highest BCUT2D eigenvalue weighted by molar-refractivity contribution is 5.94. The molecule has 3 rings (SSSR count). The van der Waals surface area contributed by atoms with Gasteiger partial charge in [-0.25, -0.2) is 14.4 Å². The van der Waals surface area contributed by atoms with Gasteiger partial charge in [0.15, 0.2) is 0 Å². The maximum absolute atomic E-state index is 14.0. The largest absolute Gasteiger partial charge is 0.391 e. The summed E-state index contributed by atoms with van der Waals surface area (Å²) in [6.07, 6.45) is 3.87. The zero-order valence-electron chi connectivity index (χ0n) is 15.0. The fourth-order valence-corrected chi connectivity index (χ4v) is 3.25. The number of carbonyl (C=O) groups excluding carboxylic acids is 1. The fourth-order valence-electron chi connectivity index (χ4n) is 3.25. The van der Waals surface area contributed by atoms with Crippen LogP contribution in [0.2, 0.25) is 0 Å². The van der Waals surface area contributed by atoms with Crippen LogP contribution in [0.25, 0.3) is 0 Å². The fraction of sp³-hybridized carbons (Fsp3) is 0.421. The van der Waals surface area contributed by atoms with Crippen molar-refractivity contribution in [1.82, 2.24) is 14.9 Å². The molecule has 1 aromatic heterocycles. The minimum Gasteiger partial charge on any atom is -0.391 e. The van der Waals surface area contributed by atoms with Gasteiger partial charge in [-0.2, -0.15) is 0 Å². The van der Waals surface area contributed by atoms with Gasteiger partial charge in [-0.15, -0.1) is 0 Å². The molecule has 6 nitrogen and oxygen atoms in total. The summed E-state index contributed by atoms with van der Waals surface area (Å²) in [7, 11) is 3.64. The molecule has 1 amide bonds. The van der Waals surface area contributed by atoms with Crippen LogP contribution in [0.3, 0.4) is 0 Å². The Morgan fingerprint density at radius 3 is 2.65 bits per heavy atom. The number of aromatic nitrogens is 2. The standard InChI is InChI=1S/C19H23FN4O2/c1-23(2)19-21-11-14(12-22-19)18(26)24-9-5-8-17(25)16(24)10-13-6-3-4-7-15(13)20/h3-4,6-7,11-12,16-17,25H,5,8-10H2,1-2H3/t16-,17-/m0/s1. The summed E-state index contributed by atoms with van der Waals surface area (Å²) in [4.78, 5) is 24.7. The van der Waals surface area contributed by atoms with E-state index in [0.717, 1.165) is 0 Å². The molecular weight excluding hydrogens is 335 g/mol. The van der Waals surface area contributed by atoms with E-state index in [-0.39, 0.29) is 18.1 Å². The van der Waals surface area contributed by atoms with E-state index in [4.69, 9.17) is 0 Å². The number of nitrogens with zero attached hydrogens (tertiary/aromatic N) is 4. The third-order valence-corrected chi connectivity index (χ3v) is 4.68. The first-order chi connectivity index (χ1) is 12.5. The van der Waals surface area contributed by atoms with Gasteiger partial charge in [-0.1, -0.05) is 18.2 Å². The van der Waals surface area contributed by atoms with Crippen molar-refractivity contribution in [2.24, 2.45) is 0 Å². The Morgan fingerprint density at radius 1 is 1.31 bits per heavy atom. The third-order valence-electron chi connectivity index (χ3n) is 4.68. The molecule has 1 N–H and O–H groups in total. The Bertz CT molecular complexity index is 766. The Morgan fingerprint density at radius 2 is 2.00 bits per heavy atom. The molecule has 0 saturated carbocycles. The van der Waals surface area contributed by atoms with Crippen molar-refractivity contribution in [2.45, 2.75) is 31.4 Å². The number of carbonyl (C=O) groups is 1. The van der Waals surface area contributed by atoms with Gasteiger partial charge in [0.1, 0.15) is 5.82 Å². The molecule has 1 fully saturated rings. The Balaban J connectivity index is 1.83. The average molecular weight is 358 g/mol. The maximum atomic E-state index is 14.0. The molecule has 1 aromatic carbocycles. The first kappa shape index (κ1) is 18.3. The number of piperidine rings is 1. The number of rotatable bonds is 4. The van der Waals surface area contributed by atoms with Crippen LogP contribution in [0.5, 0.6) is 0 Å². The monoisotopic (exact) mass is 358 g/mol. The highest BCUT2D eigenvalue weighted by Crippen LogP contribution is 2.24. The predicted octanol–water partition coefficient (Wildman–Crippen LogP) is 1.89. The number of aliphatic hydroxyl groups excluding tert-OH is 1. The minimum absolute atomic E-state index is 0.240. The van der Waals surface area contributed by atoms with Gasteiger partial charge in [0.25, 0.3) is 5.91 Å². The Hall–Kier alpha value is -2.54. The molecule has 1 aliphatic rings. The molecule has 0 spiro atoms. The zero-order chi connectivity index (χ0) is 18.7. The first-order valence-corrected chi connectivity index (χ1v) is 8.69. The normalized spacial score (nSPS) is 20.1. The summed E-state index contributed by atoms with van der Waals surface area (Å²) >= 11 is 0. The topological polar surface area (TPSA) is 69.6 Å². The Kier molecular flexibility index (Phi) is 5.46. The highest BCUT2D eigenvalue weighted by Gasteiger charge is 2.34. The average Bonchev–Trinajstić information content (AvgIpc) is 2.64. The van der Waals surface area contributed by atoms with E-state index in [0.29, 0.717) is 36.5 Å². The van der Waals surface area contributed by atoms with Crippen LogP contribution in [0.4, 0.5) is 10.3 Å².